The number of aliphatic hydroxyl groups excluding tert-OH is 1. The van der Waals surface area contributed by atoms with Crippen LogP contribution in [0.15, 0.2) is 29.3 Å². The summed E-state index contributed by atoms with van der Waals surface area (Å²) >= 11 is 0. The van der Waals surface area contributed by atoms with Crippen molar-refractivity contribution in [1.29, 1.82) is 0 Å². The molecule has 2 atom stereocenters. The van der Waals surface area contributed by atoms with Gasteiger partial charge in [0, 0.05) is 26.2 Å². The van der Waals surface area contributed by atoms with Gasteiger partial charge in [-0.2, -0.15) is 0 Å². The molecular formula is C18H31N3O2. The second-order valence-electron chi connectivity index (χ2n) is 5.90. The Kier molecular flexibility index (Phi) is 9.14. The van der Waals surface area contributed by atoms with Crippen LogP contribution < -0.4 is 15.4 Å². The first kappa shape index (κ1) is 19.3. The van der Waals surface area contributed by atoms with Crippen LogP contribution in [0.1, 0.15) is 38.7 Å². The normalized spacial score (nSPS) is 14.2. The smallest absolute Gasteiger partial charge is 0.191 e. The standard InChI is InChI=1S/C18H31N3O2/c1-5-19-18(21-12-14(2)13-22)20-11-10-15(3)16-6-8-17(23-4)9-7-16/h6-9,14-15,22H,5,10-13H2,1-4H3,(H2,19,20,21). The minimum atomic E-state index is 0.164. The lowest BCUT2D eigenvalue weighted by atomic mass is 9.98. The van der Waals surface area contributed by atoms with Gasteiger partial charge in [0.25, 0.3) is 0 Å². The molecule has 1 aromatic rings. The first-order chi connectivity index (χ1) is 11.1. The molecule has 0 radical (unpaired) electrons. The van der Waals surface area contributed by atoms with Crippen molar-refractivity contribution in [2.45, 2.75) is 33.1 Å². The quantitative estimate of drug-likeness (QED) is 0.482. The Morgan fingerprint density at radius 1 is 1.22 bits per heavy atom. The topological polar surface area (TPSA) is 65.9 Å². The van der Waals surface area contributed by atoms with Crippen molar-refractivity contribution in [3.63, 3.8) is 0 Å². The van der Waals surface area contributed by atoms with Crippen LogP contribution >= 0.6 is 0 Å². The number of nitrogens with one attached hydrogen (secondary N) is 2. The van der Waals surface area contributed by atoms with Gasteiger partial charge >= 0.3 is 0 Å². The van der Waals surface area contributed by atoms with Gasteiger partial charge in [0.2, 0.25) is 0 Å². The highest BCUT2D eigenvalue weighted by molar-refractivity contribution is 5.79. The van der Waals surface area contributed by atoms with Crippen LogP contribution in [0.25, 0.3) is 0 Å². The molecule has 0 saturated carbocycles. The molecule has 2 unspecified atom stereocenters. The zero-order valence-electron chi connectivity index (χ0n) is 14.8. The lowest BCUT2D eigenvalue weighted by Crippen LogP contribution is -2.38. The maximum absolute atomic E-state index is 9.07. The molecule has 0 fully saturated rings. The Morgan fingerprint density at radius 2 is 1.91 bits per heavy atom. The number of rotatable bonds is 9. The van der Waals surface area contributed by atoms with E-state index in [0.29, 0.717) is 12.5 Å². The van der Waals surface area contributed by atoms with Gasteiger partial charge in [-0.25, -0.2) is 0 Å². The number of aliphatic hydroxyl groups is 1. The van der Waals surface area contributed by atoms with Crippen LogP contribution in [0.3, 0.4) is 0 Å². The van der Waals surface area contributed by atoms with E-state index in [1.807, 2.05) is 26.0 Å². The lowest BCUT2D eigenvalue weighted by Gasteiger charge is -2.16. The molecule has 23 heavy (non-hydrogen) atoms. The van der Waals surface area contributed by atoms with Crippen LogP contribution in [0.4, 0.5) is 0 Å². The van der Waals surface area contributed by atoms with Gasteiger partial charge < -0.3 is 20.5 Å². The zero-order chi connectivity index (χ0) is 17.1. The highest BCUT2D eigenvalue weighted by atomic mass is 16.5. The average molecular weight is 321 g/mol. The minimum absolute atomic E-state index is 0.164. The number of ether oxygens (including phenoxy) is 1. The number of hydrogen-bond acceptors (Lipinski definition) is 3. The molecule has 1 rings (SSSR count). The summed E-state index contributed by atoms with van der Waals surface area (Å²) in [5.41, 5.74) is 1.31. The summed E-state index contributed by atoms with van der Waals surface area (Å²) in [4.78, 5) is 4.49. The number of hydrogen-bond donors (Lipinski definition) is 3. The molecule has 0 heterocycles. The second-order valence-corrected chi connectivity index (χ2v) is 5.90. The molecule has 0 amide bonds. The van der Waals surface area contributed by atoms with Crippen molar-refractivity contribution in [2.75, 3.05) is 33.4 Å². The SMILES string of the molecule is CCNC(=NCC(C)CO)NCCC(C)c1ccc(OC)cc1. The summed E-state index contributed by atoms with van der Waals surface area (Å²) in [5, 5.41) is 15.7. The largest absolute Gasteiger partial charge is 0.497 e. The molecule has 0 saturated heterocycles. The van der Waals surface area contributed by atoms with Gasteiger partial charge in [-0.15, -0.1) is 0 Å². The lowest BCUT2D eigenvalue weighted by molar-refractivity contribution is 0.241. The number of nitrogens with zero attached hydrogens (tertiary/aromatic N) is 1. The summed E-state index contributed by atoms with van der Waals surface area (Å²) in [6.07, 6.45) is 1.02. The van der Waals surface area contributed by atoms with Gasteiger partial charge in [0.15, 0.2) is 5.96 Å². The van der Waals surface area contributed by atoms with E-state index in [0.717, 1.165) is 31.2 Å². The zero-order valence-corrected chi connectivity index (χ0v) is 14.8. The van der Waals surface area contributed by atoms with E-state index < -0.39 is 0 Å². The molecule has 130 valence electrons. The van der Waals surface area contributed by atoms with Crippen LogP contribution in [-0.2, 0) is 0 Å². The van der Waals surface area contributed by atoms with Crippen LogP contribution in [0.5, 0.6) is 5.75 Å². The molecule has 0 aliphatic heterocycles. The van der Waals surface area contributed by atoms with Crippen LogP contribution in [-0.4, -0.2) is 44.4 Å². The van der Waals surface area contributed by atoms with Crippen molar-refractivity contribution >= 4 is 5.96 Å². The summed E-state index contributed by atoms with van der Waals surface area (Å²) in [6, 6.07) is 8.24. The maximum Gasteiger partial charge on any atom is 0.191 e. The van der Waals surface area contributed by atoms with Gasteiger partial charge in [-0.1, -0.05) is 26.0 Å². The van der Waals surface area contributed by atoms with Crippen molar-refractivity contribution in [3.8, 4) is 5.75 Å². The van der Waals surface area contributed by atoms with Gasteiger partial charge in [-0.05, 0) is 42.9 Å². The van der Waals surface area contributed by atoms with E-state index in [9.17, 15) is 0 Å². The van der Waals surface area contributed by atoms with Gasteiger partial charge in [0.1, 0.15) is 5.75 Å². The summed E-state index contributed by atoms with van der Waals surface area (Å²) in [7, 11) is 1.68. The monoisotopic (exact) mass is 321 g/mol. The van der Waals surface area contributed by atoms with Crippen molar-refractivity contribution in [1.82, 2.24) is 10.6 Å². The Morgan fingerprint density at radius 3 is 2.48 bits per heavy atom. The highest BCUT2D eigenvalue weighted by Crippen LogP contribution is 2.21. The third-order valence-electron chi connectivity index (χ3n) is 3.77. The molecule has 0 spiro atoms. The first-order valence-electron chi connectivity index (χ1n) is 8.37. The third kappa shape index (κ3) is 7.37. The fourth-order valence-corrected chi connectivity index (χ4v) is 2.15. The Hall–Kier alpha value is -1.75. The van der Waals surface area contributed by atoms with Crippen molar-refractivity contribution < 1.29 is 9.84 Å². The molecule has 1 aromatic carbocycles. The predicted molar refractivity (Wildman–Crippen MR) is 96.3 cm³/mol. The van der Waals surface area contributed by atoms with Gasteiger partial charge in [0.05, 0.1) is 7.11 Å². The fourth-order valence-electron chi connectivity index (χ4n) is 2.15. The number of benzene rings is 1. The molecule has 3 N–H and O–H groups in total. The van der Waals surface area contributed by atoms with E-state index in [-0.39, 0.29) is 12.5 Å². The van der Waals surface area contributed by atoms with Crippen LogP contribution in [0, 0.1) is 5.92 Å². The first-order valence-corrected chi connectivity index (χ1v) is 8.37. The average Bonchev–Trinajstić information content (AvgIpc) is 2.59. The van der Waals surface area contributed by atoms with E-state index in [4.69, 9.17) is 9.84 Å². The molecule has 0 bridgehead atoms. The molecule has 0 aliphatic carbocycles. The van der Waals surface area contributed by atoms with Crippen molar-refractivity contribution in [3.05, 3.63) is 29.8 Å². The summed E-state index contributed by atoms with van der Waals surface area (Å²) < 4.78 is 5.19. The van der Waals surface area contributed by atoms with Crippen LogP contribution in [0.2, 0.25) is 0 Å². The molecular weight excluding hydrogens is 290 g/mol. The third-order valence-corrected chi connectivity index (χ3v) is 3.77. The van der Waals surface area contributed by atoms with Gasteiger partial charge in [-0.3, -0.25) is 4.99 Å². The van der Waals surface area contributed by atoms with E-state index in [1.165, 1.54) is 5.56 Å². The van der Waals surface area contributed by atoms with Crippen molar-refractivity contribution in [2.24, 2.45) is 10.9 Å². The summed E-state index contributed by atoms with van der Waals surface area (Å²) in [6.45, 7) is 8.73. The minimum Gasteiger partial charge on any atom is -0.497 e. The fraction of sp³-hybridized carbons (Fsp3) is 0.611. The second kappa shape index (κ2) is 10.9. The molecule has 0 aromatic heterocycles. The van der Waals surface area contributed by atoms with E-state index in [1.54, 1.807) is 7.11 Å². The van der Waals surface area contributed by atoms with E-state index >= 15 is 0 Å². The molecule has 0 aliphatic rings. The Balaban J connectivity index is 2.44. The molecule has 5 heteroatoms. The molecule has 5 nitrogen and oxygen atoms in total. The number of guanidine groups is 1. The Labute approximate surface area is 140 Å². The Bertz CT molecular complexity index is 460. The van der Waals surface area contributed by atoms with E-state index in [2.05, 4.69) is 34.7 Å². The predicted octanol–water partition coefficient (Wildman–Crippen LogP) is 2.37. The summed E-state index contributed by atoms with van der Waals surface area (Å²) in [5.74, 6) is 2.35. The maximum atomic E-state index is 9.07. The number of methoxy groups -OCH3 is 1. The number of aliphatic imine (C=N–C) groups is 1. The highest BCUT2D eigenvalue weighted by Gasteiger charge is 2.07.